The second kappa shape index (κ2) is 2.45. The molecule has 0 radical (unpaired) electrons. The number of benzene rings is 1. The van der Waals surface area contributed by atoms with E-state index in [1.807, 2.05) is 0 Å². The van der Waals surface area contributed by atoms with Gasteiger partial charge >= 0.3 is 0 Å². The summed E-state index contributed by atoms with van der Waals surface area (Å²) in [5.41, 5.74) is 7.41. The molecule has 2 rings (SSSR count). The largest absolute Gasteiger partial charge is 0.321 e. The molecule has 1 aromatic carbocycles. The van der Waals surface area contributed by atoms with E-state index in [9.17, 15) is 0 Å². The van der Waals surface area contributed by atoms with Gasteiger partial charge in [0.05, 0.1) is 0 Å². The lowest BCUT2D eigenvalue weighted by molar-refractivity contribution is 0.735. The first-order chi connectivity index (χ1) is 5.22. The maximum atomic E-state index is 6.06. The van der Waals surface area contributed by atoms with Crippen molar-refractivity contribution in [3.8, 4) is 0 Å². The van der Waals surface area contributed by atoms with Gasteiger partial charge in [0.1, 0.15) is 0 Å². The van der Waals surface area contributed by atoms with Crippen LogP contribution in [0.2, 0.25) is 0 Å². The van der Waals surface area contributed by atoms with E-state index in [1.165, 1.54) is 9.13 Å². The summed E-state index contributed by atoms with van der Waals surface area (Å²) in [6.07, 6.45) is 2.29. The summed E-state index contributed by atoms with van der Waals surface area (Å²) in [7, 11) is 0. The van der Waals surface area contributed by atoms with E-state index >= 15 is 0 Å². The summed E-state index contributed by atoms with van der Waals surface area (Å²) < 4.78 is 1.30. The van der Waals surface area contributed by atoms with Gasteiger partial charge in [0.15, 0.2) is 0 Å². The Kier molecular flexibility index (Phi) is 1.68. The quantitative estimate of drug-likeness (QED) is 0.769. The van der Waals surface area contributed by atoms with Gasteiger partial charge < -0.3 is 5.73 Å². The van der Waals surface area contributed by atoms with E-state index in [2.05, 4.69) is 46.9 Å². The maximum Gasteiger partial charge on any atom is 0.0421 e. The number of rotatable bonds is 1. The SMILES string of the molecule is NC1(c2ccccc2I)CC1. The Morgan fingerprint density at radius 3 is 2.45 bits per heavy atom. The molecule has 0 atom stereocenters. The summed E-state index contributed by atoms with van der Waals surface area (Å²) in [6.45, 7) is 0. The van der Waals surface area contributed by atoms with Crippen LogP contribution in [0.4, 0.5) is 0 Å². The van der Waals surface area contributed by atoms with E-state index in [-0.39, 0.29) is 5.54 Å². The lowest BCUT2D eigenvalue weighted by Gasteiger charge is -2.10. The van der Waals surface area contributed by atoms with E-state index in [4.69, 9.17) is 5.73 Å². The highest BCUT2D eigenvalue weighted by molar-refractivity contribution is 14.1. The third-order valence-corrected chi connectivity index (χ3v) is 3.14. The van der Waals surface area contributed by atoms with Crippen LogP contribution in [-0.2, 0) is 5.54 Å². The third-order valence-electron chi connectivity index (χ3n) is 2.20. The van der Waals surface area contributed by atoms with E-state index < -0.39 is 0 Å². The van der Waals surface area contributed by atoms with Crippen LogP contribution >= 0.6 is 22.6 Å². The molecule has 0 amide bonds. The van der Waals surface area contributed by atoms with Crippen LogP contribution in [0.1, 0.15) is 18.4 Å². The van der Waals surface area contributed by atoms with Gasteiger partial charge in [0, 0.05) is 9.11 Å². The summed E-state index contributed by atoms with van der Waals surface area (Å²) in [4.78, 5) is 0. The van der Waals surface area contributed by atoms with Crippen molar-refractivity contribution in [1.82, 2.24) is 0 Å². The van der Waals surface area contributed by atoms with E-state index in [0.717, 1.165) is 12.8 Å². The molecule has 0 unspecified atom stereocenters. The van der Waals surface area contributed by atoms with Crippen LogP contribution in [0.15, 0.2) is 24.3 Å². The van der Waals surface area contributed by atoms with Gasteiger partial charge in [-0.25, -0.2) is 0 Å². The molecule has 2 heteroatoms. The van der Waals surface area contributed by atoms with Crippen LogP contribution in [-0.4, -0.2) is 0 Å². The van der Waals surface area contributed by atoms with Gasteiger partial charge in [-0.2, -0.15) is 0 Å². The van der Waals surface area contributed by atoms with Crippen LogP contribution in [0.5, 0.6) is 0 Å². The normalized spacial score (nSPS) is 19.8. The second-order valence-corrected chi connectivity index (χ2v) is 4.30. The number of hydrogen-bond acceptors (Lipinski definition) is 1. The maximum absolute atomic E-state index is 6.06. The van der Waals surface area contributed by atoms with Crippen LogP contribution < -0.4 is 5.73 Å². The van der Waals surface area contributed by atoms with Crippen molar-refractivity contribution in [3.05, 3.63) is 33.4 Å². The molecule has 0 aromatic heterocycles. The Morgan fingerprint density at radius 2 is 1.91 bits per heavy atom. The second-order valence-electron chi connectivity index (χ2n) is 3.14. The standard InChI is InChI=1S/C9H10IN/c10-8-4-2-1-3-7(8)9(11)5-6-9/h1-4H,5-6,11H2. The van der Waals surface area contributed by atoms with Crippen molar-refractivity contribution in [2.24, 2.45) is 5.73 Å². The van der Waals surface area contributed by atoms with Gasteiger partial charge in [-0.3, -0.25) is 0 Å². The molecule has 0 aliphatic heterocycles. The zero-order valence-corrected chi connectivity index (χ0v) is 8.34. The summed E-state index contributed by atoms with van der Waals surface area (Å²) in [6, 6.07) is 8.36. The molecule has 0 bridgehead atoms. The molecule has 58 valence electrons. The Morgan fingerprint density at radius 1 is 1.27 bits per heavy atom. The minimum atomic E-state index is 0.0256. The Labute approximate surface area is 80.1 Å². The lowest BCUT2D eigenvalue weighted by atomic mass is 10.1. The molecule has 0 saturated heterocycles. The van der Waals surface area contributed by atoms with Crippen molar-refractivity contribution in [1.29, 1.82) is 0 Å². The van der Waals surface area contributed by atoms with E-state index in [0.29, 0.717) is 0 Å². The Hall–Kier alpha value is -0.0900. The van der Waals surface area contributed by atoms with Crippen molar-refractivity contribution in [2.75, 3.05) is 0 Å². The van der Waals surface area contributed by atoms with Crippen molar-refractivity contribution >= 4 is 22.6 Å². The topological polar surface area (TPSA) is 26.0 Å². The molecule has 11 heavy (non-hydrogen) atoms. The van der Waals surface area contributed by atoms with Crippen molar-refractivity contribution in [2.45, 2.75) is 18.4 Å². The molecule has 0 spiro atoms. The highest BCUT2D eigenvalue weighted by Crippen LogP contribution is 2.44. The summed E-state index contributed by atoms with van der Waals surface area (Å²) in [5.74, 6) is 0. The summed E-state index contributed by atoms with van der Waals surface area (Å²) in [5, 5.41) is 0. The number of nitrogens with two attached hydrogens (primary N) is 1. The highest BCUT2D eigenvalue weighted by Gasteiger charge is 2.40. The molecular formula is C9H10IN. The Balaban J connectivity index is 2.45. The van der Waals surface area contributed by atoms with Gasteiger partial charge in [-0.1, -0.05) is 18.2 Å². The minimum Gasteiger partial charge on any atom is -0.321 e. The average molecular weight is 259 g/mol. The monoisotopic (exact) mass is 259 g/mol. The van der Waals surface area contributed by atoms with Crippen molar-refractivity contribution in [3.63, 3.8) is 0 Å². The number of halogens is 1. The van der Waals surface area contributed by atoms with E-state index in [1.54, 1.807) is 0 Å². The molecule has 2 N–H and O–H groups in total. The van der Waals surface area contributed by atoms with Crippen molar-refractivity contribution < 1.29 is 0 Å². The molecule has 1 aromatic rings. The van der Waals surface area contributed by atoms with Gasteiger partial charge in [0.25, 0.3) is 0 Å². The number of hydrogen-bond donors (Lipinski definition) is 1. The van der Waals surface area contributed by atoms with Gasteiger partial charge in [-0.05, 0) is 47.1 Å². The fourth-order valence-corrected chi connectivity index (χ4v) is 2.19. The van der Waals surface area contributed by atoms with Crippen LogP contribution in [0.25, 0.3) is 0 Å². The fraction of sp³-hybridized carbons (Fsp3) is 0.333. The third kappa shape index (κ3) is 1.29. The lowest BCUT2D eigenvalue weighted by Crippen LogP contribution is -2.19. The van der Waals surface area contributed by atoms with Crippen LogP contribution in [0.3, 0.4) is 0 Å². The molecule has 0 heterocycles. The van der Waals surface area contributed by atoms with Crippen LogP contribution in [0, 0.1) is 3.57 Å². The predicted octanol–water partition coefficient (Wildman–Crippen LogP) is 2.24. The molecular weight excluding hydrogens is 249 g/mol. The molecule has 1 aliphatic rings. The summed E-state index contributed by atoms with van der Waals surface area (Å²) >= 11 is 2.35. The molecule has 1 fully saturated rings. The average Bonchev–Trinajstić information content (AvgIpc) is 2.70. The molecule has 1 nitrogen and oxygen atoms in total. The first kappa shape index (κ1) is 7.55. The first-order valence-electron chi connectivity index (χ1n) is 3.76. The molecule has 1 aliphatic carbocycles. The smallest absolute Gasteiger partial charge is 0.0421 e. The molecule has 1 saturated carbocycles. The Bertz CT molecular complexity index is 279. The first-order valence-corrected chi connectivity index (χ1v) is 4.84. The zero-order chi connectivity index (χ0) is 7.90. The van der Waals surface area contributed by atoms with Gasteiger partial charge in [0.2, 0.25) is 0 Å². The fourth-order valence-electron chi connectivity index (χ4n) is 1.27. The highest BCUT2D eigenvalue weighted by atomic mass is 127. The minimum absolute atomic E-state index is 0.0256. The zero-order valence-electron chi connectivity index (χ0n) is 6.18. The van der Waals surface area contributed by atoms with Gasteiger partial charge in [-0.15, -0.1) is 0 Å². The predicted molar refractivity (Wildman–Crippen MR) is 54.3 cm³/mol.